The highest BCUT2D eigenvalue weighted by Crippen LogP contribution is 2.30. The van der Waals surface area contributed by atoms with Crippen molar-refractivity contribution in [2.45, 2.75) is 38.1 Å². The number of anilines is 1. The maximum absolute atomic E-state index is 12.3. The van der Waals surface area contributed by atoms with Crippen LogP contribution in [0, 0.1) is 5.92 Å². The van der Waals surface area contributed by atoms with Gasteiger partial charge < -0.3 is 10.2 Å². The zero-order valence-corrected chi connectivity index (χ0v) is 19.5. The van der Waals surface area contributed by atoms with Crippen LogP contribution in [0.2, 0.25) is 0 Å². The number of amides is 1. The van der Waals surface area contributed by atoms with Gasteiger partial charge in [0.1, 0.15) is 5.82 Å². The molecule has 3 aromatic rings. The third-order valence-electron chi connectivity index (χ3n) is 6.81. The van der Waals surface area contributed by atoms with Crippen molar-refractivity contribution >= 4 is 44.7 Å². The SMILES string of the molecule is O=C(NC1CCC(CCN2CCN(c3nsc4ccccc34)CC2)CC1)c1cccs1. The standard InChI is InChI=1S/C24H30N4OS2/c29-24(22-6-3-17-30-22)25-19-9-7-18(8-10-19)11-12-27-13-15-28(16-14-27)23-20-4-1-2-5-21(20)31-26-23/h1-6,17-19H,7-16H2,(H,25,29). The fourth-order valence-corrected chi connectivity index (χ4v) is 6.33. The molecule has 2 aromatic heterocycles. The van der Waals surface area contributed by atoms with E-state index in [2.05, 4.69) is 39.4 Å². The Bertz CT molecular complexity index is 986. The number of rotatable bonds is 6. The Hall–Kier alpha value is -1.96. The molecule has 2 aliphatic rings. The number of hydrogen-bond acceptors (Lipinski definition) is 6. The molecule has 1 saturated carbocycles. The monoisotopic (exact) mass is 454 g/mol. The molecule has 5 nitrogen and oxygen atoms in total. The maximum Gasteiger partial charge on any atom is 0.261 e. The smallest absolute Gasteiger partial charge is 0.261 e. The quantitative estimate of drug-likeness (QED) is 0.578. The Kier molecular flexibility index (Phi) is 6.53. The van der Waals surface area contributed by atoms with Gasteiger partial charge in [-0.05, 0) is 79.7 Å². The van der Waals surface area contributed by atoms with E-state index in [1.54, 1.807) is 11.5 Å². The molecule has 0 atom stereocenters. The third-order valence-corrected chi connectivity index (χ3v) is 8.50. The number of benzene rings is 1. The molecule has 0 unspecified atom stereocenters. The summed E-state index contributed by atoms with van der Waals surface area (Å²) in [6.07, 6.45) is 5.99. The number of piperazine rings is 1. The van der Waals surface area contributed by atoms with E-state index < -0.39 is 0 Å². The predicted octanol–water partition coefficient (Wildman–Crippen LogP) is 4.86. The Morgan fingerprint density at radius 3 is 2.61 bits per heavy atom. The number of nitrogens with one attached hydrogen (secondary N) is 1. The van der Waals surface area contributed by atoms with E-state index in [4.69, 9.17) is 4.37 Å². The van der Waals surface area contributed by atoms with Crippen LogP contribution in [-0.2, 0) is 0 Å². The number of fused-ring (bicyclic) bond motifs is 1. The lowest BCUT2D eigenvalue weighted by atomic mass is 9.84. The van der Waals surface area contributed by atoms with Crippen LogP contribution in [0.5, 0.6) is 0 Å². The first-order chi connectivity index (χ1) is 15.3. The van der Waals surface area contributed by atoms with Crippen LogP contribution in [0.3, 0.4) is 0 Å². The number of thiophene rings is 1. The molecule has 164 valence electrons. The summed E-state index contributed by atoms with van der Waals surface area (Å²) in [4.78, 5) is 18.2. The van der Waals surface area contributed by atoms with Gasteiger partial charge in [0.15, 0.2) is 0 Å². The van der Waals surface area contributed by atoms with Gasteiger partial charge in [0, 0.05) is 37.6 Å². The molecular formula is C24H30N4OS2. The second kappa shape index (κ2) is 9.67. The van der Waals surface area contributed by atoms with Crippen LogP contribution in [0.25, 0.3) is 10.1 Å². The van der Waals surface area contributed by atoms with Gasteiger partial charge in [0.25, 0.3) is 5.91 Å². The lowest BCUT2D eigenvalue weighted by molar-refractivity contribution is 0.0924. The maximum atomic E-state index is 12.3. The van der Waals surface area contributed by atoms with Crippen LogP contribution in [0.1, 0.15) is 41.8 Å². The molecule has 0 spiro atoms. The number of nitrogens with zero attached hydrogens (tertiary/aromatic N) is 3. The van der Waals surface area contributed by atoms with Crippen molar-refractivity contribution in [1.29, 1.82) is 0 Å². The van der Waals surface area contributed by atoms with Crippen molar-refractivity contribution in [3.05, 3.63) is 46.7 Å². The number of aromatic nitrogens is 1. The first-order valence-electron chi connectivity index (χ1n) is 11.4. The summed E-state index contributed by atoms with van der Waals surface area (Å²) < 4.78 is 6.01. The van der Waals surface area contributed by atoms with Crippen LogP contribution < -0.4 is 10.2 Å². The molecule has 1 saturated heterocycles. The third kappa shape index (κ3) is 4.94. The fourth-order valence-electron chi connectivity index (χ4n) is 4.91. The highest BCUT2D eigenvalue weighted by molar-refractivity contribution is 7.13. The minimum atomic E-state index is 0.101. The van der Waals surface area contributed by atoms with Crippen LogP contribution in [0.4, 0.5) is 5.82 Å². The molecule has 2 fully saturated rings. The highest BCUT2D eigenvalue weighted by atomic mass is 32.1. The van der Waals surface area contributed by atoms with Gasteiger partial charge in [-0.2, -0.15) is 4.37 Å². The Labute approximate surface area is 192 Å². The molecule has 3 heterocycles. The molecule has 0 radical (unpaired) electrons. The highest BCUT2D eigenvalue weighted by Gasteiger charge is 2.25. The van der Waals surface area contributed by atoms with Crippen molar-refractivity contribution in [1.82, 2.24) is 14.6 Å². The number of hydrogen-bond donors (Lipinski definition) is 1. The summed E-state index contributed by atoms with van der Waals surface area (Å²) in [5, 5.41) is 6.49. The lowest BCUT2D eigenvalue weighted by Crippen LogP contribution is -2.47. The normalized spacial score (nSPS) is 22.6. The molecule has 1 N–H and O–H groups in total. The second-order valence-electron chi connectivity index (χ2n) is 8.79. The first-order valence-corrected chi connectivity index (χ1v) is 13.1. The number of carbonyl (C=O) groups is 1. The van der Waals surface area contributed by atoms with Gasteiger partial charge >= 0.3 is 0 Å². The summed E-state index contributed by atoms with van der Waals surface area (Å²) in [5.74, 6) is 2.07. The Balaban J connectivity index is 1.03. The molecular weight excluding hydrogens is 424 g/mol. The van der Waals surface area contributed by atoms with E-state index in [9.17, 15) is 4.79 Å². The van der Waals surface area contributed by atoms with Gasteiger partial charge in [0.05, 0.1) is 9.58 Å². The summed E-state index contributed by atoms with van der Waals surface area (Å²) in [6, 6.07) is 12.8. The molecule has 5 rings (SSSR count). The van der Waals surface area contributed by atoms with E-state index in [-0.39, 0.29) is 5.91 Å². The zero-order valence-electron chi connectivity index (χ0n) is 17.8. The lowest BCUT2D eigenvalue weighted by Gasteiger charge is -2.36. The molecule has 1 aromatic carbocycles. The van der Waals surface area contributed by atoms with Gasteiger partial charge in [-0.25, -0.2) is 0 Å². The van der Waals surface area contributed by atoms with E-state index in [0.717, 1.165) is 49.8 Å². The second-order valence-corrected chi connectivity index (χ2v) is 10.5. The summed E-state index contributed by atoms with van der Waals surface area (Å²) in [6.45, 7) is 5.57. The molecule has 1 aliphatic heterocycles. The van der Waals surface area contributed by atoms with Gasteiger partial charge in [0.2, 0.25) is 0 Å². The van der Waals surface area contributed by atoms with E-state index in [1.807, 2.05) is 17.5 Å². The average Bonchev–Trinajstić information content (AvgIpc) is 3.49. The molecule has 1 amide bonds. The molecule has 0 bridgehead atoms. The van der Waals surface area contributed by atoms with Gasteiger partial charge in [-0.1, -0.05) is 18.2 Å². The summed E-state index contributed by atoms with van der Waals surface area (Å²) in [5.41, 5.74) is 0. The van der Waals surface area contributed by atoms with E-state index >= 15 is 0 Å². The number of carbonyl (C=O) groups excluding carboxylic acids is 1. The zero-order chi connectivity index (χ0) is 21.0. The minimum Gasteiger partial charge on any atom is -0.353 e. The van der Waals surface area contributed by atoms with Gasteiger partial charge in [-0.15, -0.1) is 11.3 Å². The van der Waals surface area contributed by atoms with Crippen LogP contribution in [-0.4, -0.2) is 53.9 Å². The molecule has 1 aliphatic carbocycles. The Morgan fingerprint density at radius 2 is 1.84 bits per heavy atom. The predicted molar refractivity (Wildman–Crippen MR) is 130 cm³/mol. The first kappa shape index (κ1) is 20.9. The minimum absolute atomic E-state index is 0.101. The fraction of sp³-hybridized carbons (Fsp3) is 0.500. The van der Waals surface area contributed by atoms with Gasteiger partial charge in [-0.3, -0.25) is 9.69 Å². The largest absolute Gasteiger partial charge is 0.353 e. The average molecular weight is 455 g/mol. The van der Waals surface area contributed by atoms with E-state index in [1.165, 1.54) is 53.0 Å². The van der Waals surface area contributed by atoms with Crippen molar-refractivity contribution in [3.63, 3.8) is 0 Å². The topological polar surface area (TPSA) is 48.5 Å². The molecule has 7 heteroatoms. The van der Waals surface area contributed by atoms with Crippen LogP contribution in [0.15, 0.2) is 41.8 Å². The Morgan fingerprint density at radius 1 is 1.03 bits per heavy atom. The summed E-state index contributed by atoms with van der Waals surface area (Å²) >= 11 is 3.13. The van der Waals surface area contributed by atoms with Crippen LogP contribution >= 0.6 is 22.9 Å². The van der Waals surface area contributed by atoms with Crippen molar-refractivity contribution in [2.75, 3.05) is 37.6 Å². The van der Waals surface area contributed by atoms with Crippen molar-refractivity contribution < 1.29 is 4.79 Å². The van der Waals surface area contributed by atoms with Crippen molar-refractivity contribution in [3.8, 4) is 0 Å². The van der Waals surface area contributed by atoms with Crippen molar-refractivity contribution in [2.24, 2.45) is 5.92 Å². The van der Waals surface area contributed by atoms with E-state index in [0.29, 0.717) is 6.04 Å². The molecule has 31 heavy (non-hydrogen) atoms. The summed E-state index contributed by atoms with van der Waals surface area (Å²) in [7, 11) is 0.